The Morgan fingerprint density at radius 3 is 2.42 bits per heavy atom. The molecule has 19 heavy (non-hydrogen) atoms. The Morgan fingerprint density at radius 2 is 1.95 bits per heavy atom. The van der Waals surface area contributed by atoms with Gasteiger partial charge in [-0.2, -0.15) is 0 Å². The Bertz CT molecular complexity index is 415. The van der Waals surface area contributed by atoms with Crippen molar-refractivity contribution in [2.75, 3.05) is 6.61 Å². The van der Waals surface area contributed by atoms with Crippen LogP contribution < -0.4 is 0 Å². The summed E-state index contributed by atoms with van der Waals surface area (Å²) < 4.78 is 5.84. The summed E-state index contributed by atoms with van der Waals surface area (Å²) in [6.07, 6.45) is 3.29. The van der Waals surface area contributed by atoms with Gasteiger partial charge in [0.15, 0.2) is 0 Å². The van der Waals surface area contributed by atoms with E-state index in [2.05, 4.69) is 52.0 Å². The number of alkyl halides is 1. The van der Waals surface area contributed by atoms with Crippen molar-refractivity contribution < 1.29 is 4.74 Å². The van der Waals surface area contributed by atoms with Crippen LogP contribution in [0.15, 0.2) is 24.3 Å². The van der Waals surface area contributed by atoms with E-state index in [1.54, 1.807) is 0 Å². The molecule has 0 aromatic heterocycles. The maximum atomic E-state index is 6.63. The van der Waals surface area contributed by atoms with Crippen molar-refractivity contribution in [2.24, 2.45) is 0 Å². The zero-order valence-electron chi connectivity index (χ0n) is 12.5. The van der Waals surface area contributed by atoms with Gasteiger partial charge in [-0.15, -0.1) is 11.6 Å². The first-order valence-electron chi connectivity index (χ1n) is 7.27. The molecular weight excluding hydrogens is 256 g/mol. The molecule has 1 fully saturated rings. The summed E-state index contributed by atoms with van der Waals surface area (Å²) in [6, 6.07) is 8.76. The first-order valence-corrected chi connectivity index (χ1v) is 7.71. The fourth-order valence-corrected chi connectivity index (χ4v) is 2.98. The van der Waals surface area contributed by atoms with Gasteiger partial charge in [-0.1, -0.05) is 45.0 Å². The predicted octanol–water partition coefficient (Wildman–Crippen LogP) is 5.22. The molecule has 1 heterocycles. The first kappa shape index (κ1) is 14.9. The van der Waals surface area contributed by atoms with Crippen LogP contribution in [-0.4, -0.2) is 12.2 Å². The molecular formula is C17H25ClO. The SMILES string of the molecule is CCC(C)(C)c1ccc(C(Cl)C2(C)CCCO2)cc1. The van der Waals surface area contributed by atoms with Crippen molar-refractivity contribution in [3.8, 4) is 0 Å². The van der Waals surface area contributed by atoms with Crippen molar-refractivity contribution in [1.29, 1.82) is 0 Å². The molecule has 2 heteroatoms. The normalized spacial score (nSPS) is 25.5. The Morgan fingerprint density at radius 1 is 1.32 bits per heavy atom. The van der Waals surface area contributed by atoms with Crippen LogP contribution >= 0.6 is 11.6 Å². The van der Waals surface area contributed by atoms with Crippen molar-refractivity contribution >= 4 is 11.6 Å². The smallest absolute Gasteiger partial charge is 0.0872 e. The number of hydrogen-bond donors (Lipinski definition) is 0. The topological polar surface area (TPSA) is 9.23 Å². The van der Waals surface area contributed by atoms with E-state index < -0.39 is 0 Å². The van der Waals surface area contributed by atoms with Crippen LogP contribution in [0.3, 0.4) is 0 Å². The molecule has 2 unspecified atom stereocenters. The molecule has 0 saturated carbocycles. The van der Waals surface area contributed by atoms with Gasteiger partial charge >= 0.3 is 0 Å². The average Bonchev–Trinajstić information content (AvgIpc) is 2.86. The number of benzene rings is 1. The lowest BCUT2D eigenvalue weighted by molar-refractivity contribution is 0.0164. The standard InChI is InChI=1S/C17H25ClO/c1-5-16(2,3)14-9-7-13(8-10-14)15(18)17(4)11-6-12-19-17/h7-10,15H,5-6,11-12H2,1-4H3. The summed E-state index contributed by atoms with van der Waals surface area (Å²) in [7, 11) is 0. The van der Waals surface area contributed by atoms with E-state index in [-0.39, 0.29) is 16.4 Å². The summed E-state index contributed by atoms with van der Waals surface area (Å²) in [5.74, 6) is 0. The van der Waals surface area contributed by atoms with Gasteiger partial charge in [0.2, 0.25) is 0 Å². The molecule has 1 aromatic carbocycles. The summed E-state index contributed by atoms with van der Waals surface area (Å²) in [6.45, 7) is 9.75. The molecule has 0 spiro atoms. The molecule has 106 valence electrons. The highest BCUT2D eigenvalue weighted by Gasteiger charge is 2.38. The summed E-state index contributed by atoms with van der Waals surface area (Å²) >= 11 is 6.63. The number of hydrogen-bond acceptors (Lipinski definition) is 1. The van der Waals surface area contributed by atoms with E-state index in [1.807, 2.05) is 0 Å². The predicted molar refractivity (Wildman–Crippen MR) is 81.9 cm³/mol. The highest BCUT2D eigenvalue weighted by atomic mass is 35.5. The van der Waals surface area contributed by atoms with Gasteiger partial charge in [-0.05, 0) is 42.7 Å². The van der Waals surface area contributed by atoms with Gasteiger partial charge < -0.3 is 4.74 Å². The van der Waals surface area contributed by atoms with E-state index in [1.165, 1.54) is 11.1 Å². The fraction of sp³-hybridized carbons (Fsp3) is 0.647. The van der Waals surface area contributed by atoms with Crippen LogP contribution in [-0.2, 0) is 10.2 Å². The molecule has 1 aliphatic rings. The lowest BCUT2D eigenvalue weighted by Crippen LogP contribution is -2.28. The third-order valence-electron chi connectivity index (χ3n) is 4.65. The second-order valence-electron chi connectivity index (χ2n) is 6.49. The molecule has 2 rings (SSSR count). The largest absolute Gasteiger partial charge is 0.373 e. The van der Waals surface area contributed by atoms with Crippen LogP contribution in [0.2, 0.25) is 0 Å². The molecule has 0 amide bonds. The quantitative estimate of drug-likeness (QED) is 0.687. The maximum absolute atomic E-state index is 6.63. The van der Waals surface area contributed by atoms with E-state index in [9.17, 15) is 0 Å². The number of rotatable bonds is 4. The molecule has 1 aromatic rings. The van der Waals surface area contributed by atoms with Crippen molar-refractivity contribution in [3.63, 3.8) is 0 Å². The summed E-state index contributed by atoms with van der Waals surface area (Å²) in [4.78, 5) is 0. The first-order chi connectivity index (χ1) is 8.89. The number of halogens is 1. The van der Waals surface area contributed by atoms with Crippen LogP contribution in [0.25, 0.3) is 0 Å². The lowest BCUT2D eigenvalue weighted by atomic mass is 9.81. The highest BCUT2D eigenvalue weighted by molar-refractivity contribution is 6.21. The van der Waals surface area contributed by atoms with Crippen LogP contribution in [0.1, 0.15) is 63.5 Å². The molecule has 1 aliphatic heterocycles. The Balaban J connectivity index is 2.18. The van der Waals surface area contributed by atoms with Crippen LogP contribution in [0, 0.1) is 0 Å². The van der Waals surface area contributed by atoms with Crippen molar-refractivity contribution in [3.05, 3.63) is 35.4 Å². The van der Waals surface area contributed by atoms with Gasteiger partial charge in [-0.3, -0.25) is 0 Å². The minimum atomic E-state index is -0.205. The maximum Gasteiger partial charge on any atom is 0.0872 e. The highest BCUT2D eigenvalue weighted by Crippen LogP contribution is 2.42. The van der Waals surface area contributed by atoms with E-state index in [0.717, 1.165) is 25.9 Å². The van der Waals surface area contributed by atoms with Gasteiger partial charge in [0, 0.05) is 6.61 Å². The van der Waals surface area contributed by atoms with Crippen molar-refractivity contribution in [2.45, 2.75) is 63.4 Å². The summed E-state index contributed by atoms with van der Waals surface area (Å²) in [5.41, 5.74) is 2.57. The minimum absolute atomic E-state index is 0.0613. The van der Waals surface area contributed by atoms with Crippen LogP contribution in [0.4, 0.5) is 0 Å². The molecule has 1 saturated heterocycles. The number of ether oxygens (including phenoxy) is 1. The second kappa shape index (κ2) is 5.46. The third kappa shape index (κ3) is 2.98. The molecule has 0 N–H and O–H groups in total. The van der Waals surface area contributed by atoms with Crippen LogP contribution in [0.5, 0.6) is 0 Å². The third-order valence-corrected chi connectivity index (χ3v) is 5.37. The van der Waals surface area contributed by atoms with Gasteiger partial charge in [0.25, 0.3) is 0 Å². The van der Waals surface area contributed by atoms with Crippen molar-refractivity contribution in [1.82, 2.24) is 0 Å². The second-order valence-corrected chi connectivity index (χ2v) is 6.92. The van der Waals surface area contributed by atoms with Gasteiger partial charge in [0.1, 0.15) is 0 Å². The molecule has 0 aliphatic carbocycles. The molecule has 0 radical (unpaired) electrons. The Kier molecular flexibility index (Phi) is 4.27. The lowest BCUT2D eigenvalue weighted by Gasteiger charge is -2.30. The molecule has 0 bridgehead atoms. The van der Waals surface area contributed by atoms with E-state index >= 15 is 0 Å². The minimum Gasteiger partial charge on any atom is -0.373 e. The fourth-order valence-electron chi connectivity index (χ4n) is 2.66. The average molecular weight is 281 g/mol. The molecule has 1 nitrogen and oxygen atoms in total. The van der Waals surface area contributed by atoms with Gasteiger partial charge in [0.05, 0.1) is 11.0 Å². The zero-order chi connectivity index (χ0) is 14.1. The Hall–Kier alpha value is -0.530. The zero-order valence-corrected chi connectivity index (χ0v) is 13.3. The monoisotopic (exact) mass is 280 g/mol. The van der Waals surface area contributed by atoms with E-state index in [0.29, 0.717) is 0 Å². The van der Waals surface area contributed by atoms with Gasteiger partial charge in [-0.25, -0.2) is 0 Å². The molecule has 2 atom stereocenters. The Labute approximate surface area is 122 Å². The van der Waals surface area contributed by atoms with E-state index in [4.69, 9.17) is 16.3 Å². The summed E-state index contributed by atoms with van der Waals surface area (Å²) in [5, 5.41) is -0.0613.